The second-order valence-corrected chi connectivity index (χ2v) is 3.64. The second kappa shape index (κ2) is 5.72. The number of carboxylic acids is 1. The van der Waals surface area contributed by atoms with Crippen LogP contribution in [0.5, 0.6) is 5.75 Å². The molecule has 0 heterocycles. The zero-order chi connectivity index (χ0) is 13.8. The normalized spacial score (nSPS) is 13.1. The molecule has 1 atom stereocenters. The minimum atomic E-state index is -4.74. The Kier molecular flexibility index (Phi) is 4.55. The maximum absolute atomic E-state index is 12.0. The third-order valence-corrected chi connectivity index (χ3v) is 2.11. The topological polar surface area (TPSA) is 58.6 Å². The fourth-order valence-electron chi connectivity index (χ4n) is 1.21. The highest BCUT2D eigenvalue weighted by Crippen LogP contribution is 2.23. The molecule has 0 saturated carbocycles. The molecule has 0 aliphatic carbocycles. The van der Waals surface area contributed by atoms with Gasteiger partial charge in [-0.05, 0) is 24.6 Å². The lowest BCUT2D eigenvalue weighted by molar-refractivity contribution is -0.274. The van der Waals surface area contributed by atoms with Gasteiger partial charge >= 0.3 is 12.3 Å². The predicted molar refractivity (Wildman–Crippen MR) is 57.1 cm³/mol. The number of halogens is 3. The minimum Gasteiger partial charge on any atom is -0.480 e. The summed E-state index contributed by atoms with van der Waals surface area (Å²) < 4.78 is 39.7. The van der Waals surface area contributed by atoms with Crippen molar-refractivity contribution >= 4 is 5.97 Å². The molecule has 0 aliphatic heterocycles. The van der Waals surface area contributed by atoms with Crippen molar-refractivity contribution in [2.45, 2.75) is 25.9 Å². The Hall–Kier alpha value is -1.76. The predicted octanol–water partition coefficient (Wildman–Crippen LogP) is 2.15. The Labute approximate surface area is 101 Å². The first-order valence-electron chi connectivity index (χ1n) is 5.09. The van der Waals surface area contributed by atoms with Crippen molar-refractivity contribution in [1.82, 2.24) is 5.32 Å². The number of aliphatic carboxylic acids is 1. The first-order chi connectivity index (χ1) is 8.28. The number of carboxylic acid groups (broad SMARTS) is 1. The van der Waals surface area contributed by atoms with Gasteiger partial charge in [-0.3, -0.25) is 4.79 Å². The Bertz CT molecular complexity index is 420. The van der Waals surface area contributed by atoms with Crippen molar-refractivity contribution < 1.29 is 27.8 Å². The number of hydrogen-bond donors (Lipinski definition) is 2. The van der Waals surface area contributed by atoms with Gasteiger partial charge in [0, 0.05) is 6.54 Å². The van der Waals surface area contributed by atoms with Crippen LogP contribution in [0.25, 0.3) is 0 Å². The molecule has 1 aromatic carbocycles. The molecule has 0 saturated heterocycles. The van der Waals surface area contributed by atoms with Crippen molar-refractivity contribution in [2.75, 3.05) is 0 Å². The van der Waals surface area contributed by atoms with E-state index >= 15 is 0 Å². The van der Waals surface area contributed by atoms with Crippen LogP contribution < -0.4 is 10.1 Å². The van der Waals surface area contributed by atoms with Crippen LogP contribution in [-0.2, 0) is 11.3 Å². The summed E-state index contributed by atoms with van der Waals surface area (Å²) in [5, 5.41) is 11.3. The van der Waals surface area contributed by atoms with E-state index < -0.39 is 18.4 Å². The number of nitrogens with one attached hydrogen (secondary N) is 1. The van der Waals surface area contributed by atoms with Crippen molar-refractivity contribution in [3.8, 4) is 5.75 Å². The zero-order valence-corrected chi connectivity index (χ0v) is 9.49. The molecule has 2 N–H and O–H groups in total. The summed E-state index contributed by atoms with van der Waals surface area (Å²) in [7, 11) is 0. The molecule has 18 heavy (non-hydrogen) atoms. The molecule has 0 fully saturated rings. The molecule has 100 valence electrons. The number of carbonyl (C=O) groups is 1. The summed E-state index contributed by atoms with van der Waals surface area (Å²) in [6, 6.07) is 4.58. The Morgan fingerprint density at radius 1 is 1.50 bits per heavy atom. The molecular formula is C11H12F3NO3. The van der Waals surface area contributed by atoms with Crippen molar-refractivity contribution in [2.24, 2.45) is 0 Å². The highest BCUT2D eigenvalue weighted by molar-refractivity contribution is 5.72. The second-order valence-electron chi connectivity index (χ2n) is 3.64. The monoisotopic (exact) mass is 263 g/mol. The number of ether oxygens (including phenoxy) is 1. The third kappa shape index (κ3) is 5.05. The van der Waals surface area contributed by atoms with E-state index in [1.165, 1.54) is 25.1 Å². The van der Waals surface area contributed by atoms with Gasteiger partial charge in [0.05, 0.1) is 0 Å². The van der Waals surface area contributed by atoms with Gasteiger partial charge in [0.2, 0.25) is 0 Å². The van der Waals surface area contributed by atoms with Gasteiger partial charge in [-0.1, -0.05) is 12.1 Å². The molecule has 1 rings (SSSR count). The Morgan fingerprint density at radius 3 is 2.72 bits per heavy atom. The fourth-order valence-corrected chi connectivity index (χ4v) is 1.21. The van der Waals surface area contributed by atoms with Gasteiger partial charge < -0.3 is 15.2 Å². The van der Waals surface area contributed by atoms with Gasteiger partial charge in [-0.2, -0.15) is 0 Å². The maximum Gasteiger partial charge on any atom is 0.573 e. The molecule has 0 aliphatic rings. The van der Waals surface area contributed by atoms with Gasteiger partial charge in [-0.25, -0.2) is 0 Å². The lowest BCUT2D eigenvalue weighted by Crippen LogP contribution is -2.33. The van der Waals surface area contributed by atoms with Crippen LogP contribution in [0.4, 0.5) is 13.2 Å². The summed E-state index contributed by atoms with van der Waals surface area (Å²) in [5.74, 6) is -1.36. The van der Waals surface area contributed by atoms with E-state index in [0.717, 1.165) is 0 Å². The Morgan fingerprint density at radius 2 is 2.17 bits per heavy atom. The molecule has 7 heteroatoms. The van der Waals surface area contributed by atoms with Gasteiger partial charge in [0.1, 0.15) is 11.8 Å². The molecule has 4 nitrogen and oxygen atoms in total. The van der Waals surface area contributed by atoms with E-state index in [2.05, 4.69) is 10.1 Å². The van der Waals surface area contributed by atoms with Crippen LogP contribution in [0.1, 0.15) is 12.5 Å². The average Bonchev–Trinajstić information content (AvgIpc) is 2.23. The maximum atomic E-state index is 12.0. The van der Waals surface area contributed by atoms with Crippen LogP contribution >= 0.6 is 0 Å². The SMILES string of the molecule is CC(NCc1cccc(OC(F)(F)F)c1)C(=O)O. The molecule has 1 aromatic rings. The van der Waals surface area contributed by atoms with E-state index in [9.17, 15) is 18.0 Å². The summed E-state index contributed by atoms with van der Waals surface area (Å²) >= 11 is 0. The molecule has 0 spiro atoms. The molecule has 1 unspecified atom stereocenters. The first kappa shape index (κ1) is 14.3. The van der Waals surface area contributed by atoms with Crippen molar-refractivity contribution in [1.29, 1.82) is 0 Å². The van der Waals surface area contributed by atoms with E-state index in [4.69, 9.17) is 5.11 Å². The Balaban J connectivity index is 2.62. The number of rotatable bonds is 5. The van der Waals surface area contributed by atoms with Crippen molar-refractivity contribution in [3.05, 3.63) is 29.8 Å². The smallest absolute Gasteiger partial charge is 0.480 e. The minimum absolute atomic E-state index is 0.141. The van der Waals surface area contributed by atoms with Crippen LogP contribution in [0.15, 0.2) is 24.3 Å². The van der Waals surface area contributed by atoms with Crippen LogP contribution in [-0.4, -0.2) is 23.5 Å². The molecule has 0 amide bonds. The molecule has 0 bridgehead atoms. The van der Waals surface area contributed by atoms with E-state index in [1.54, 1.807) is 6.07 Å². The molecule has 0 radical (unpaired) electrons. The quantitative estimate of drug-likeness (QED) is 0.854. The number of benzene rings is 1. The average molecular weight is 263 g/mol. The lowest BCUT2D eigenvalue weighted by Gasteiger charge is -2.12. The van der Waals surface area contributed by atoms with E-state index in [1.807, 2.05) is 0 Å². The van der Waals surface area contributed by atoms with Crippen molar-refractivity contribution in [3.63, 3.8) is 0 Å². The zero-order valence-electron chi connectivity index (χ0n) is 9.49. The summed E-state index contributed by atoms with van der Waals surface area (Å²) in [4.78, 5) is 10.5. The van der Waals surface area contributed by atoms with Gasteiger partial charge in [0.15, 0.2) is 0 Å². The lowest BCUT2D eigenvalue weighted by atomic mass is 10.2. The summed E-state index contributed by atoms with van der Waals surface area (Å²) in [6.07, 6.45) is -4.74. The highest BCUT2D eigenvalue weighted by atomic mass is 19.4. The third-order valence-electron chi connectivity index (χ3n) is 2.11. The van der Waals surface area contributed by atoms with Crippen LogP contribution in [0.2, 0.25) is 0 Å². The largest absolute Gasteiger partial charge is 0.573 e. The highest BCUT2D eigenvalue weighted by Gasteiger charge is 2.31. The summed E-state index contributed by atoms with van der Waals surface area (Å²) in [5.41, 5.74) is 0.504. The van der Waals surface area contributed by atoms with Gasteiger partial charge in [-0.15, -0.1) is 13.2 Å². The van der Waals surface area contributed by atoms with Gasteiger partial charge in [0.25, 0.3) is 0 Å². The van der Waals surface area contributed by atoms with Crippen LogP contribution in [0.3, 0.4) is 0 Å². The first-order valence-corrected chi connectivity index (χ1v) is 5.09. The fraction of sp³-hybridized carbons (Fsp3) is 0.364. The molecular weight excluding hydrogens is 251 g/mol. The van der Waals surface area contributed by atoms with E-state index in [0.29, 0.717) is 5.56 Å². The van der Waals surface area contributed by atoms with E-state index in [-0.39, 0.29) is 12.3 Å². The molecule has 0 aromatic heterocycles. The standard InChI is InChI=1S/C11H12F3NO3/c1-7(10(16)17)15-6-8-3-2-4-9(5-8)18-11(12,13)14/h2-5,7,15H,6H2,1H3,(H,16,17). The number of hydrogen-bond acceptors (Lipinski definition) is 3. The number of alkyl halides is 3. The van der Waals surface area contributed by atoms with Crippen LogP contribution in [0, 0.1) is 0 Å². The summed E-state index contributed by atoms with van der Waals surface area (Å²) in [6.45, 7) is 1.58.